The minimum absolute atomic E-state index is 0.0836. The van der Waals surface area contributed by atoms with Crippen LogP contribution in [0.4, 0.5) is 15.8 Å². The van der Waals surface area contributed by atoms with Crippen LogP contribution in [0.15, 0.2) is 18.2 Å². The van der Waals surface area contributed by atoms with E-state index in [1.807, 2.05) is 6.92 Å². The van der Waals surface area contributed by atoms with E-state index in [1.54, 1.807) is 9.80 Å². The van der Waals surface area contributed by atoms with Gasteiger partial charge in [0.1, 0.15) is 11.5 Å². The molecule has 7 heteroatoms. The maximum absolute atomic E-state index is 13.0. The van der Waals surface area contributed by atoms with Crippen LogP contribution in [0, 0.1) is 15.9 Å². The predicted molar refractivity (Wildman–Crippen MR) is 62.7 cm³/mol. The number of nitro groups is 1. The Labute approximate surface area is 103 Å². The number of rotatable bonds is 3. The van der Waals surface area contributed by atoms with Gasteiger partial charge >= 0.3 is 0 Å². The Hall–Kier alpha value is -2.18. The van der Waals surface area contributed by atoms with Gasteiger partial charge in [0.05, 0.1) is 24.2 Å². The summed E-state index contributed by atoms with van der Waals surface area (Å²) in [4.78, 5) is 25.0. The molecule has 0 aromatic heterocycles. The maximum atomic E-state index is 13.0. The standard InChI is InChI=1S/C11H12FN3O3/c1-2-13-7-14(6-11(13)16)9-4-3-8(12)5-10(9)15(17)18/h3-5H,2,6-7H2,1H3. The minimum Gasteiger partial charge on any atom is -0.339 e. The molecular formula is C11H12FN3O3. The third-order valence-electron chi connectivity index (χ3n) is 2.88. The van der Waals surface area contributed by atoms with Crippen LogP contribution in [0.1, 0.15) is 6.92 Å². The smallest absolute Gasteiger partial charge is 0.295 e. The lowest BCUT2D eigenvalue weighted by Gasteiger charge is -2.18. The van der Waals surface area contributed by atoms with Gasteiger partial charge in [-0.05, 0) is 19.1 Å². The van der Waals surface area contributed by atoms with Gasteiger partial charge in [0.2, 0.25) is 5.91 Å². The average molecular weight is 253 g/mol. The fourth-order valence-corrected chi connectivity index (χ4v) is 1.95. The summed E-state index contributed by atoms with van der Waals surface area (Å²) >= 11 is 0. The summed E-state index contributed by atoms with van der Waals surface area (Å²) in [5.74, 6) is -0.751. The summed E-state index contributed by atoms with van der Waals surface area (Å²) in [5, 5.41) is 10.9. The first-order valence-corrected chi connectivity index (χ1v) is 5.49. The second-order valence-corrected chi connectivity index (χ2v) is 3.98. The lowest BCUT2D eigenvalue weighted by Crippen LogP contribution is -2.26. The quantitative estimate of drug-likeness (QED) is 0.602. The van der Waals surface area contributed by atoms with Crippen molar-refractivity contribution in [1.82, 2.24) is 4.90 Å². The Kier molecular flexibility index (Phi) is 3.14. The van der Waals surface area contributed by atoms with Crippen LogP contribution in [0.3, 0.4) is 0 Å². The minimum atomic E-state index is -0.664. The molecule has 0 N–H and O–H groups in total. The van der Waals surface area contributed by atoms with Crippen LogP contribution in [-0.4, -0.2) is 35.5 Å². The SMILES string of the molecule is CCN1CN(c2ccc(F)cc2[N+](=O)[O-])CC1=O. The number of carbonyl (C=O) groups excluding carboxylic acids is 1. The monoisotopic (exact) mass is 253 g/mol. The number of amides is 1. The molecule has 1 aromatic carbocycles. The second-order valence-electron chi connectivity index (χ2n) is 3.98. The molecular weight excluding hydrogens is 241 g/mol. The third kappa shape index (κ3) is 2.11. The van der Waals surface area contributed by atoms with Crippen LogP contribution in [0.5, 0.6) is 0 Å². The van der Waals surface area contributed by atoms with Gasteiger partial charge in [0.25, 0.3) is 5.69 Å². The number of halogens is 1. The zero-order chi connectivity index (χ0) is 13.3. The van der Waals surface area contributed by atoms with Crippen LogP contribution in [0.25, 0.3) is 0 Å². The van der Waals surface area contributed by atoms with Gasteiger partial charge < -0.3 is 9.80 Å². The van der Waals surface area contributed by atoms with E-state index in [2.05, 4.69) is 0 Å². The molecule has 96 valence electrons. The third-order valence-corrected chi connectivity index (χ3v) is 2.88. The zero-order valence-electron chi connectivity index (χ0n) is 9.80. The highest BCUT2D eigenvalue weighted by atomic mass is 19.1. The Morgan fingerprint density at radius 3 is 2.78 bits per heavy atom. The number of nitro benzene ring substituents is 1. The summed E-state index contributed by atoms with van der Waals surface area (Å²) in [5.41, 5.74) is -0.0496. The molecule has 18 heavy (non-hydrogen) atoms. The molecule has 6 nitrogen and oxygen atoms in total. The molecule has 1 heterocycles. The normalized spacial score (nSPS) is 15.3. The van der Waals surface area contributed by atoms with Gasteiger partial charge in [-0.25, -0.2) is 4.39 Å². The summed E-state index contributed by atoms with van der Waals surface area (Å²) < 4.78 is 13.0. The maximum Gasteiger partial charge on any atom is 0.295 e. The molecule has 2 rings (SSSR count). The molecule has 1 amide bonds. The number of hydrogen-bond donors (Lipinski definition) is 0. The van der Waals surface area contributed by atoms with E-state index in [-0.39, 0.29) is 23.8 Å². The summed E-state index contributed by atoms with van der Waals surface area (Å²) in [7, 11) is 0. The lowest BCUT2D eigenvalue weighted by atomic mass is 10.2. The molecule has 0 saturated carbocycles. The predicted octanol–water partition coefficient (Wildman–Crippen LogP) is 1.36. The number of anilines is 1. The molecule has 0 unspecified atom stereocenters. The number of benzene rings is 1. The topological polar surface area (TPSA) is 66.7 Å². The van der Waals surface area contributed by atoms with Crippen LogP contribution >= 0.6 is 0 Å². The van der Waals surface area contributed by atoms with E-state index in [1.165, 1.54) is 6.07 Å². The van der Waals surface area contributed by atoms with Gasteiger partial charge in [-0.2, -0.15) is 0 Å². The molecule has 0 spiro atoms. The van der Waals surface area contributed by atoms with Crippen molar-refractivity contribution in [2.75, 3.05) is 24.7 Å². The molecule has 1 aliphatic rings. The van der Waals surface area contributed by atoms with Crippen molar-refractivity contribution in [2.24, 2.45) is 0 Å². The second kappa shape index (κ2) is 4.59. The molecule has 1 aliphatic heterocycles. The van der Waals surface area contributed by atoms with E-state index >= 15 is 0 Å². The summed E-state index contributed by atoms with van der Waals surface area (Å²) in [6.07, 6.45) is 0. The van der Waals surface area contributed by atoms with Crippen LogP contribution in [-0.2, 0) is 4.79 Å². The zero-order valence-corrected chi connectivity index (χ0v) is 9.80. The van der Waals surface area contributed by atoms with E-state index in [0.29, 0.717) is 13.2 Å². The fourth-order valence-electron chi connectivity index (χ4n) is 1.95. The van der Waals surface area contributed by atoms with Crippen molar-refractivity contribution in [3.63, 3.8) is 0 Å². The number of nitrogens with zero attached hydrogens (tertiary/aromatic N) is 3. The van der Waals surface area contributed by atoms with E-state index < -0.39 is 10.7 Å². The van der Waals surface area contributed by atoms with Crippen molar-refractivity contribution in [2.45, 2.75) is 6.92 Å². The van der Waals surface area contributed by atoms with Crippen LogP contribution in [0.2, 0.25) is 0 Å². The summed E-state index contributed by atoms with van der Waals surface area (Å²) in [6.45, 7) is 2.76. The van der Waals surface area contributed by atoms with E-state index in [4.69, 9.17) is 0 Å². The highest BCUT2D eigenvalue weighted by Gasteiger charge is 2.30. The largest absolute Gasteiger partial charge is 0.339 e. The summed E-state index contributed by atoms with van der Waals surface area (Å²) in [6, 6.07) is 3.36. The first-order chi connectivity index (χ1) is 8.52. The molecule has 0 aliphatic carbocycles. The van der Waals surface area contributed by atoms with Gasteiger partial charge in [-0.15, -0.1) is 0 Å². The van der Waals surface area contributed by atoms with Gasteiger partial charge in [-0.3, -0.25) is 14.9 Å². The Bertz CT molecular complexity index is 506. The highest BCUT2D eigenvalue weighted by molar-refractivity contribution is 5.86. The molecule has 0 bridgehead atoms. The Balaban J connectivity index is 2.35. The van der Waals surface area contributed by atoms with Crippen molar-refractivity contribution < 1.29 is 14.1 Å². The first kappa shape index (κ1) is 12.3. The van der Waals surface area contributed by atoms with Crippen molar-refractivity contribution in [3.8, 4) is 0 Å². The molecule has 1 saturated heterocycles. The van der Waals surface area contributed by atoms with Crippen LogP contribution < -0.4 is 4.90 Å². The molecule has 1 fully saturated rings. The van der Waals surface area contributed by atoms with Gasteiger partial charge in [-0.1, -0.05) is 0 Å². The van der Waals surface area contributed by atoms with Crippen molar-refractivity contribution in [1.29, 1.82) is 0 Å². The lowest BCUT2D eigenvalue weighted by molar-refractivity contribution is -0.384. The fraction of sp³-hybridized carbons (Fsp3) is 0.364. The average Bonchev–Trinajstić information content (AvgIpc) is 2.70. The molecule has 0 radical (unpaired) electrons. The number of likely N-dealkylation sites (N-methyl/N-ethyl adjacent to an activating group) is 1. The van der Waals surface area contributed by atoms with Gasteiger partial charge in [0, 0.05) is 6.54 Å². The number of carbonyl (C=O) groups is 1. The molecule has 1 aromatic rings. The number of hydrogen-bond acceptors (Lipinski definition) is 4. The van der Waals surface area contributed by atoms with E-state index in [0.717, 1.165) is 12.1 Å². The first-order valence-electron chi connectivity index (χ1n) is 5.49. The Morgan fingerprint density at radius 1 is 1.50 bits per heavy atom. The highest BCUT2D eigenvalue weighted by Crippen LogP contribution is 2.30. The Morgan fingerprint density at radius 2 is 2.22 bits per heavy atom. The van der Waals surface area contributed by atoms with Crippen molar-refractivity contribution >= 4 is 17.3 Å². The van der Waals surface area contributed by atoms with E-state index in [9.17, 15) is 19.3 Å². The molecule has 0 atom stereocenters. The van der Waals surface area contributed by atoms with Crippen molar-refractivity contribution in [3.05, 3.63) is 34.1 Å². The van der Waals surface area contributed by atoms with Gasteiger partial charge in [0.15, 0.2) is 0 Å².